The summed E-state index contributed by atoms with van der Waals surface area (Å²) in [6, 6.07) is 13.0. The third-order valence-electron chi connectivity index (χ3n) is 2.66. The average molecular weight is 295 g/mol. The van der Waals surface area contributed by atoms with E-state index in [1.165, 1.54) is 0 Å². The Balaban J connectivity index is 1.96. The highest BCUT2D eigenvalue weighted by Gasteiger charge is 2.13. The van der Waals surface area contributed by atoms with E-state index in [9.17, 15) is 9.36 Å². The van der Waals surface area contributed by atoms with Gasteiger partial charge in [-0.15, -0.1) is 0 Å². The van der Waals surface area contributed by atoms with Crippen LogP contribution < -0.4 is 5.32 Å². The van der Waals surface area contributed by atoms with Gasteiger partial charge in [0.1, 0.15) is 0 Å². The molecule has 1 amide bonds. The Hall–Kier alpha value is -1.72. The Kier molecular flexibility index (Phi) is 4.52. The van der Waals surface area contributed by atoms with Crippen LogP contribution in [-0.2, 0) is 9.09 Å². The van der Waals surface area contributed by atoms with Crippen LogP contribution in [0.25, 0.3) is 10.8 Å². The first kappa shape index (κ1) is 14.7. The van der Waals surface area contributed by atoms with Crippen molar-refractivity contribution in [1.29, 1.82) is 0 Å². The lowest BCUT2D eigenvalue weighted by Crippen LogP contribution is -2.26. The molecule has 0 saturated heterocycles. The molecule has 0 bridgehead atoms. The lowest BCUT2D eigenvalue weighted by molar-refractivity contribution is 0.0941. The molecule has 3 N–H and O–H groups in total. The number of amides is 1. The molecule has 6 nitrogen and oxygen atoms in total. The summed E-state index contributed by atoms with van der Waals surface area (Å²) in [7, 11) is -4.48. The number of phosphoric ester groups is 1. The van der Waals surface area contributed by atoms with Crippen LogP contribution in [0.15, 0.2) is 42.5 Å². The number of phosphoric acid groups is 1. The summed E-state index contributed by atoms with van der Waals surface area (Å²) in [6.45, 7) is -0.222. The van der Waals surface area contributed by atoms with E-state index in [2.05, 4.69) is 9.84 Å². The Morgan fingerprint density at radius 1 is 1.15 bits per heavy atom. The van der Waals surface area contributed by atoms with Gasteiger partial charge < -0.3 is 15.1 Å². The molecule has 0 atom stereocenters. The van der Waals surface area contributed by atoms with E-state index in [0.29, 0.717) is 5.56 Å². The van der Waals surface area contributed by atoms with Crippen molar-refractivity contribution in [2.45, 2.75) is 0 Å². The van der Waals surface area contributed by atoms with Crippen molar-refractivity contribution in [3.8, 4) is 0 Å². The van der Waals surface area contributed by atoms with Gasteiger partial charge in [-0.1, -0.05) is 30.3 Å². The number of fused-ring (bicyclic) bond motifs is 1. The summed E-state index contributed by atoms with van der Waals surface area (Å²) in [4.78, 5) is 28.8. The van der Waals surface area contributed by atoms with Gasteiger partial charge in [0, 0.05) is 12.1 Å². The first-order valence-corrected chi connectivity index (χ1v) is 7.46. The minimum absolute atomic E-state index is 0.0246. The summed E-state index contributed by atoms with van der Waals surface area (Å²) < 4.78 is 14.7. The van der Waals surface area contributed by atoms with Crippen molar-refractivity contribution in [2.24, 2.45) is 0 Å². The van der Waals surface area contributed by atoms with Crippen LogP contribution in [0.5, 0.6) is 0 Å². The zero-order valence-corrected chi connectivity index (χ0v) is 11.4. The highest BCUT2D eigenvalue weighted by Crippen LogP contribution is 2.35. The Morgan fingerprint density at radius 2 is 1.85 bits per heavy atom. The third kappa shape index (κ3) is 4.15. The van der Waals surface area contributed by atoms with Crippen LogP contribution in [0.1, 0.15) is 10.4 Å². The SMILES string of the molecule is O=C(NCCOP(=O)(O)O)c1ccc2ccccc2c1. The van der Waals surface area contributed by atoms with Crippen molar-refractivity contribution >= 4 is 24.5 Å². The van der Waals surface area contributed by atoms with Crippen LogP contribution in [0.2, 0.25) is 0 Å². The molecule has 0 aliphatic carbocycles. The van der Waals surface area contributed by atoms with Gasteiger partial charge in [-0.25, -0.2) is 4.57 Å². The highest BCUT2D eigenvalue weighted by atomic mass is 31.2. The van der Waals surface area contributed by atoms with E-state index in [4.69, 9.17) is 9.79 Å². The zero-order chi connectivity index (χ0) is 14.6. The number of benzene rings is 2. The smallest absolute Gasteiger partial charge is 0.350 e. The Morgan fingerprint density at radius 3 is 2.55 bits per heavy atom. The average Bonchev–Trinajstić information content (AvgIpc) is 2.42. The minimum Gasteiger partial charge on any atom is -0.350 e. The molecular weight excluding hydrogens is 281 g/mol. The number of rotatable bonds is 5. The van der Waals surface area contributed by atoms with Gasteiger partial charge in [0.25, 0.3) is 5.91 Å². The molecule has 0 aromatic heterocycles. The second-order valence-electron chi connectivity index (χ2n) is 4.14. The van der Waals surface area contributed by atoms with Gasteiger partial charge in [0.2, 0.25) is 0 Å². The standard InChI is InChI=1S/C13H14NO5P/c15-13(14-7-8-19-20(16,17)18)12-6-5-10-3-1-2-4-11(10)9-12/h1-6,9H,7-8H2,(H,14,15)(H2,16,17,18). The molecule has 2 aromatic carbocycles. The Labute approximate surface area is 115 Å². The lowest BCUT2D eigenvalue weighted by atomic mass is 10.1. The van der Waals surface area contributed by atoms with Crippen molar-refractivity contribution < 1.29 is 23.7 Å². The fourth-order valence-corrected chi connectivity index (χ4v) is 2.09. The van der Waals surface area contributed by atoms with E-state index in [-0.39, 0.29) is 19.1 Å². The van der Waals surface area contributed by atoms with Gasteiger partial charge in [-0.05, 0) is 22.9 Å². The summed E-state index contributed by atoms with van der Waals surface area (Å²) in [6.07, 6.45) is 0. The molecule has 0 saturated carbocycles. The Bertz CT molecular complexity index is 667. The van der Waals surface area contributed by atoms with Crippen molar-refractivity contribution in [3.63, 3.8) is 0 Å². The summed E-state index contributed by atoms with van der Waals surface area (Å²) in [5.41, 5.74) is 0.486. The number of nitrogens with one attached hydrogen (secondary N) is 1. The third-order valence-corrected chi connectivity index (χ3v) is 3.18. The fraction of sp³-hybridized carbons (Fsp3) is 0.154. The second-order valence-corrected chi connectivity index (χ2v) is 5.38. The quantitative estimate of drug-likeness (QED) is 0.576. The van der Waals surface area contributed by atoms with E-state index >= 15 is 0 Å². The van der Waals surface area contributed by atoms with Crippen molar-refractivity contribution in [2.75, 3.05) is 13.2 Å². The van der Waals surface area contributed by atoms with E-state index in [0.717, 1.165) is 10.8 Å². The van der Waals surface area contributed by atoms with Crippen LogP contribution >= 0.6 is 7.82 Å². The van der Waals surface area contributed by atoms with E-state index < -0.39 is 7.82 Å². The maximum absolute atomic E-state index is 11.9. The molecule has 0 aliphatic heterocycles. The highest BCUT2D eigenvalue weighted by molar-refractivity contribution is 7.46. The fourth-order valence-electron chi connectivity index (χ4n) is 1.76. The molecule has 0 unspecified atom stereocenters. The number of carbonyl (C=O) groups excluding carboxylic acids is 1. The first-order chi connectivity index (χ1) is 9.46. The van der Waals surface area contributed by atoms with Crippen LogP contribution in [0, 0.1) is 0 Å². The maximum Gasteiger partial charge on any atom is 0.469 e. The molecule has 106 valence electrons. The number of hydrogen-bond donors (Lipinski definition) is 3. The topological polar surface area (TPSA) is 95.9 Å². The summed E-state index contributed by atoms with van der Waals surface area (Å²) >= 11 is 0. The van der Waals surface area contributed by atoms with Crippen LogP contribution in [-0.4, -0.2) is 28.8 Å². The van der Waals surface area contributed by atoms with Gasteiger partial charge >= 0.3 is 7.82 Å². The molecule has 0 fully saturated rings. The second kappa shape index (κ2) is 6.15. The number of carbonyl (C=O) groups is 1. The van der Waals surface area contributed by atoms with Crippen molar-refractivity contribution in [3.05, 3.63) is 48.0 Å². The molecule has 0 radical (unpaired) electrons. The zero-order valence-electron chi connectivity index (χ0n) is 10.5. The first-order valence-electron chi connectivity index (χ1n) is 5.93. The normalized spacial score (nSPS) is 11.5. The monoisotopic (exact) mass is 295 g/mol. The van der Waals surface area contributed by atoms with Crippen LogP contribution in [0.3, 0.4) is 0 Å². The predicted octanol–water partition coefficient (Wildman–Crippen LogP) is 1.68. The summed E-state index contributed by atoms with van der Waals surface area (Å²) in [5.74, 6) is -0.315. The summed E-state index contributed by atoms with van der Waals surface area (Å²) in [5, 5.41) is 4.52. The maximum atomic E-state index is 11.9. The molecular formula is C13H14NO5P. The molecule has 7 heteroatoms. The molecule has 0 aliphatic rings. The molecule has 20 heavy (non-hydrogen) atoms. The molecule has 2 rings (SSSR count). The molecule has 2 aromatic rings. The van der Waals surface area contributed by atoms with Gasteiger partial charge in [-0.3, -0.25) is 9.32 Å². The van der Waals surface area contributed by atoms with Crippen LogP contribution in [0.4, 0.5) is 0 Å². The minimum atomic E-state index is -4.48. The molecule has 0 heterocycles. The van der Waals surface area contributed by atoms with E-state index in [1.54, 1.807) is 12.1 Å². The largest absolute Gasteiger partial charge is 0.469 e. The predicted molar refractivity (Wildman–Crippen MR) is 74.3 cm³/mol. The van der Waals surface area contributed by atoms with Crippen molar-refractivity contribution in [1.82, 2.24) is 5.32 Å². The lowest BCUT2D eigenvalue weighted by Gasteiger charge is -2.07. The molecule has 0 spiro atoms. The van der Waals surface area contributed by atoms with Gasteiger partial charge in [0.05, 0.1) is 6.61 Å². The van der Waals surface area contributed by atoms with Gasteiger partial charge in [0.15, 0.2) is 0 Å². The number of hydrogen-bond acceptors (Lipinski definition) is 3. The van der Waals surface area contributed by atoms with Gasteiger partial charge in [-0.2, -0.15) is 0 Å². The van der Waals surface area contributed by atoms with E-state index in [1.807, 2.05) is 30.3 Å².